The molecule has 0 unspecified atom stereocenters. The number of methoxy groups -OCH3 is 1. The van der Waals surface area contributed by atoms with Crippen LogP contribution in [0.15, 0.2) is 18.2 Å². The van der Waals surface area contributed by atoms with E-state index < -0.39 is 4.92 Å². The lowest BCUT2D eigenvalue weighted by molar-refractivity contribution is -0.383. The van der Waals surface area contributed by atoms with Crippen LogP contribution >= 0.6 is 0 Å². The Hall–Kier alpha value is -1.82. The van der Waals surface area contributed by atoms with Crippen LogP contribution in [0.2, 0.25) is 0 Å². The van der Waals surface area contributed by atoms with Gasteiger partial charge in [-0.15, -0.1) is 0 Å². The highest BCUT2D eigenvalue weighted by atomic mass is 16.6. The maximum Gasteiger partial charge on any atom is 0.292 e. The monoisotopic (exact) mass is 212 g/mol. The number of hydrogen-bond donors (Lipinski definition) is 1. The molecule has 6 nitrogen and oxygen atoms in total. The fourth-order valence-corrected chi connectivity index (χ4v) is 1.03. The van der Waals surface area contributed by atoms with Crippen LogP contribution in [0.1, 0.15) is 0 Å². The smallest absolute Gasteiger partial charge is 0.292 e. The van der Waals surface area contributed by atoms with Crippen molar-refractivity contribution in [2.45, 2.75) is 0 Å². The second-order valence-corrected chi connectivity index (χ2v) is 2.82. The number of ether oxygens (including phenoxy) is 2. The molecule has 15 heavy (non-hydrogen) atoms. The van der Waals surface area contributed by atoms with Gasteiger partial charge in [-0.25, -0.2) is 0 Å². The van der Waals surface area contributed by atoms with Crippen molar-refractivity contribution in [2.75, 3.05) is 26.1 Å². The molecule has 0 heterocycles. The lowest BCUT2D eigenvalue weighted by atomic mass is 10.2. The zero-order valence-corrected chi connectivity index (χ0v) is 8.30. The van der Waals surface area contributed by atoms with Gasteiger partial charge in [-0.3, -0.25) is 10.1 Å². The molecule has 6 heteroatoms. The fraction of sp³-hybridized carbons (Fsp3) is 0.333. The van der Waals surface area contributed by atoms with E-state index in [9.17, 15) is 10.1 Å². The van der Waals surface area contributed by atoms with E-state index in [0.717, 1.165) is 0 Å². The highest BCUT2D eigenvalue weighted by molar-refractivity contribution is 5.60. The Morgan fingerprint density at radius 2 is 2.20 bits per heavy atom. The van der Waals surface area contributed by atoms with Gasteiger partial charge in [-0.1, -0.05) is 0 Å². The summed E-state index contributed by atoms with van der Waals surface area (Å²) in [4.78, 5) is 9.92. The van der Waals surface area contributed by atoms with Crippen LogP contribution in [-0.4, -0.2) is 25.2 Å². The third kappa shape index (κ3) is 3.10. The van der Waals surface area contributed by atoms with Crippen molar-refractivity contribution in [2.24, 2.45) is 0 Å². The van der Waals surface area contributed by atoms with Gasteiger partial charge in [0.25, 0.3) is 5.69 Å². The van der Waals surface area contributed by atoms with E-state index in [0.29, 0.717) is 19.0 Å². The quantitative estimate of drug-likeness (QED) is 0.343. The molecule has 0 bridgehead atoms. The van der Waals surface area contributed by atoms with Crippen molar-refractivity contribution >= 4 is 11.4 Å². The van der Waals surface area contributed by atoms with Crippen molar-refractivity contribution in [3.05, 3.63) is 28.3 Å². The number of anilines is 1. The number of nitro groups is 1. The summed E-state index contributed by atoms with van der Waals surface area (Å²) in [5.74, 6) is 0.496. The molecule has 1 aromatic rings. The van der Waals surface area contributed by atoms with E-state index in [1.54, 1.807) is 7.11 Å². The van der Waals surface area contributed by atoms with Crippen LogP contribution in [0, 0.1) is 10.1 Å². The van der Waals surface area contributed by atoms with Gasteiger partial charge in [0.15, 0.2) is 0 Å². The molecule has 1 aromatic carbocycles. The maximum atomic E-state index is 10.5. The Kier molecular flexibility index (Phi) is 3.87. The first-order chi connectivity index (χ1) is 7.15. The first kappa shape index (κ1) is 11.3. The first-order valence-corrected chi connectivity index (χ1v) is 4.31. The molecule has 0 aliphatic rings. The third-order valence-electron chi connectivity index (χ3n) is 1.75. The van der Waals surface area contributed by atoms with Crippen molar-refractivity contribution < 1.29 is 14.4 Å². The second-order valence-electron chi connectivity index (χ2n) is 2.82. The van der Waals surface area contributed by atoms with Gasteiger partial charge in [-0.2, -0.15) is 0 Å². The predicted octanol–water partition coefficient (Wildman–Crippen LogP) is 1.20. The van der Waals surface area contributed by atoms with E-state index in [1.165, 1.54) is 18.2 Å². The van der Waals surface area contributed by atoms with Crippen molar-refractivity contribution in [3.63, 3.8) is 0 Å². The minimum Gasteiger partial charge on any atom is -0.491 e. The third-order valence-corrected chi connectivity index (χ3v) is 1.75. The Morgan fingerprint density at radius 3 is 2.73 bits per heavy atom. The van der Waals surface area contributed by atoms with E-state index in [-0.39, 0.29) is 11.4 Å². The van der Waals surface area contributed by atoms with Crippen molar-refractivity contribution in [1.82, 2.24) is 0 Å². The van der Waals surface area contributed by atoms with Gasteiger partial charge in [0.2, 0.25) is 0 Å². The summed E-state index contributed by atoms with van der Waals surface area (Å²) in [5.41, 5.74) is 5.45. The van der Waals surface area contributed by atoms with Gasteiger partial charge >= 0.3 is 0 Å². The second kappa shape index (κ2) is 5.16. The topological polar surface area (TPSA) is 87.6 Å². The predicted molar refractivity (Wildman–Crippen MR) is 54.9 cm³/mol. The van der Waals surface area contributed by atoms with Gasteiger partial charge in [0.1, 0.15) is 18.0 Å². The number of rotatable bonds is 5. The summed E-state index contributed by atoms with van der Waals surface area (Å²) in [6.45, 7) is 0.838. The summed E-state index contributed by atoms with van der Waals surface area (Å²) in [6, 6.07) is 4.25. The molecule has 0 atom stereocenters. The molecule has 0 saturated carbocycles. The lowest BCUT2D eigenvalue weighted by Gasteiger charge is -2.05. The molecule has 0 aliphatic carbocycles. The Morgan fingerprint density at radius 1 is 1.47 bits per heavy atom. The average Bonchev–Trinajstić information content (AvgIpc) is 2.17. The van der Waals surface area contributed by atoms with Crippen molar-refractivity contribution in [3.8, 4) is 5.75 Å². The van der Waals surface area contributed by atoms with Gasteiger partial charge in [-0.05, 0) is 6.07 Å². The largest absolute Gasteiger partial charge is 0.491 e. The van der Waals surface area contributed by atoms with Crippen LogP contribution in [0.3, 0.4) is 0 Å². The van der Waals surface area contributed by atoms with Crippen LogP contribution < -0.4 is 10.5 Å². The fourth-order valence-electron chi connectivity index (χ4n) is 1.03. The normalized spacial score (nSPS) is 9.93. The van der Waals surface area contributed by atoms with Gasteiger partial charge in [0, 0.05) is 19.2 Å². The summed E-state index contributed by atoms with van der Waals surface area (Å²) in [6.07, 6.45) is 0. The number of nitrogens with zero attached hydrogens (tertiary/aromatic N) is 1. The lowest BCUT2D eigenvalue weighted by Crippen LogP contribution is -2.05. The van der Waals surface area contributed by atoms with E-state index in [2.05, 4.69) is 0 Å². The molecule has 0 aromatic heterocycles. The molecular weight excluding hydrogens is 200 g/mol. The minimum atomic E-state index is -0.533. The molecule has 0 aliphatic heterocycles. The molecule has 0 amide bonds. The molecular formula is C9H12N2O4. The average molecular weight is 212 g/mol. The Labute approximate surface area is 86.7 Å². The Bertz CT molecular complexity index is 354. The molecule has 82 valence electrons. The zero-order chi connectivity index (χ0) is 11.3. The molecule has 0 spiro atoms. The molecule has 0 saturated heterocycles. The number of nitrogen functional groups attached to an aromatic ring is 1. The molecule has 0 radical (unpaired) electrons. The molecule has 0 fully saturated rings. The number of nitro benzene ring substituents is 1. The minimum absolute atomic E-state index is 0.0925. The number of hydrogen-bond acceptors (Lipinski definition) is 5. The van der Waals surface area contributed by atoms with Crippen LogP contribution in [-0.2, 0) is 4.74 Å². The van der Waals surface area contributed by atoms with Crippen LogP contribution in [0.4, 0.5) is 11.4 Å². The standard InChI is InChI=1S/C9H12N2O4/c1-14-4-5-15-7-2-3-9(11(12)13)8(10)6-7/h2-3,6H,4-5,10H2,1H3. The van der Waals surface area contributed by atoms with Crippen molar-refractivity contribution in [1.29, 1.82) is 0 Å². The summed E-state index contributed by atoms with van der Waals surface area (Å²) < 4.78 is 10.0. The van der Waals surface area contributed by atoms with Crippen LogP contribution in [0.25, 0.3) is 0 Å². The summed E-state index contributed by atoms with van der Waals surface area (Å²) >= 11 is 0. The van der Waals surface area contributed by atoms with E-state index in [4.69, 9.17) is 15.2 Å². The van der Waals surface area contributed by atoms with E-state index >= 15 is 0 Å². The van der Waals surface area contributed by atoms with Gasteiger partial charge in [0.05, 0.1) is 11.5 Å². The number of benzene rings is 1. The Balaban J connectivity index is 2.69. The highest BCUT2D eigenvalue weighted by Gasteiger charge is 2.11. The first-order valence-electron chi connectivity index (χ1n) is 4.31. The maximum absolute atomic E-state index is 10.5. The molecule has 2 N–H and O–H groups in total. The highest BCUT2D eigenvalue weighted by Crippen LogP contribution is 2.25. The van der Waals surface area contributed by atoms with E-state index in [1.807, 2.05) is 0 Å². The summed E-state index contributed by atoms with van der Waals surface area (Å²) in [5, 5.41) is 10.5. The van der Waals surface area contributed by atoms with Crippen LogP contribution in [0.5, 0.6) is 5.75 Å². The number of nitrogens with two attached hydrogens (primary N) is 1. The molecule has 1 rings (SSSR count). The summed E-state index contributed by atoms with van der Waals surface area (Å²) in [7, 11) is 1.56. The SMILES string of the molecule is COCCOc1ccc([N+](=O)[O-])c(N)c1. The van der Waals surface area contributed by atoms with Gasteiger partial charge < -0.3 is 15.2 Å². The zero-order valence-electron chi connectivity index (χ0n) is 8.30.